The zero-order valence-electron chi connectivity index (χ0n) is 30.2. The number of fused-ring (bicyclic) bond motifs is 4. The van der Waals surface area contributed by atoms with E-state index in [1.165, 1.54) is 44.1 Å². The molecule has 7 aromatic carbocycles. The number of hydrogen-bond acceptors (Lipinski definition) is 2. The fourth-order valence-electron chi connectivity index (χ4n) is 8.10. The second-order valence-electron chi connectivity index (χ2n) is 14.8. The number of aromatic nitrogens is 3. The van der Waals surface area contributed by atoms with Gasteiger partial charge in [-0.25, -0.2) is 21.4 Å². The third-order valence-electron chi connectivity index (χ3n) is 10.6. The Labute approximate surface area is 316 Å². The molecule has 0 bridgehead atoms. The summed E-state index contributed by atoms with van der Waals surface area (Å²) in [6.07, 6.45) is 0. The fraction of sp³-hybridized carbons (Fsp3) is 0.0400. The van der Waals surface area contributed by atoms with Gasteiger partial charge in [0.2, 0.25) is 0 Å². The molecule has 0 radical (unpaired) electrons. The zero-order valence-corrected chi connectivity index (χ0v) is 31.2. The molecule has 0 saturated heterocycles. The molecule has 1 aliphatic rings. The predicted molar refractivity (Wildman–Crippen MR) is 230 cm³/mol. The standard InChI is InChI=1S/C50H37N3Si/c1-54(2)32-44(34-15-7-3-8-16-34)45(33-54)39-24-27-42-41-26-23-38(30-47(41)53(48(42)31-39)40-21-13-6-14-22-40)37-25-28-46-43(29-37)49(35-17-9-4-10-18-35)52-50(51-46)36-19-11-5-12-20-36/h3-33H,1-2H3/q-1. The number of benzene rings is 7. The van der Waals surface area contributed by atoms with Crippen molar-refractivity contribution in [2.45, 2.75) is 13.1 Å². The van der Waals surface area contributed by atoms with Crippen molar-refractivity contribution < 1.29 is 0 Å². The largest absolute Gasteiger partial charge is 0.309 e. The van der Waals surface area contributed by atoms with Gasteiger partial charge in [0, 0.05) is 33.0 Å². The lowest BCUT2D eigenvalue weighted by molar-refractivity contribution is 1.18. The van der Waals surface area contributed by atoms with Crippen LogP contribution in [0.4, 0.5) is 0 Å². The van der Waals surface area contributed by atoms with Gasteiger partial charge in [0.25, 0.3) is 0 Å². The Balaban J connectivity index is 1.15. The number of rotatable bonds is 6. The van der Waals surface area contributed by atoms with Gasteiger partial charge >= 0.3 is 0 Å². The van der Waals surface area contributed by atoms with Crippen LogP contribution in [0.25, 0.3) is 83.3 Å². The van der Waals surface area contributed by atoms with Crippen LogP contribution >= 0.6 is 0 Å². The van der Waals surface area contributed by atoms with Crippen molar-refractivity contribution in [3.63, 3.8) is 0 Å². The molecule has 0 aliphatic carbocycles. The Morgan fingerprint density at radius 3 is 1.56 bits per heavy atom. The van der Waals surface area contributed by atoms with E-state index in [1.807, 2.05) is 24.3 Å². The molecule has 0 atom stereocenters. The van der Waals surface area contributed by atoms with Crippen LogP contribution < -0.4 is 0 Å². The lowest BCUT2D eigenvalue weighted by atomic mass is 9.94. The van der Waals surface area contributed by atoms with E-state index in [2.05, 4.69) is 181 Å². The molecule has 2 aromatic heterocycles. The topological polar surface area (TPSA) is 30.7 Å². The van der Waals surface area contributed by atoms with Crippen LogP contribution in [0.15, 0.2) is 187 Å². The Hall–Kier alpha value is -6.62. The molecule has 1 aliphatic heterocycles. The Morgan fingerprint density at radius 2 is 0.907 bits per heavy atom. The number of nitrogens with zero attached hydrogens (tertiary/aromatic N) is 3. The van der Waals surface area contributed by atoms with Crippen LogP contribution in [0.5, 0.6) is 0 Å². The highest BCUT2D eigenvalue weighted by Gasteiger charge is 2.21. The summed E-state index contributed by atoms with van der Waals surface area (Å²) in [5, 5.41) is 3.52. The van der Waals surface area contributed by atoms with Crippen molar-refractivity contribution in [1.29, 1.82) is 0 Å². The molecule has 3 heterocycles. The monoisotopic (exact) mass is 707 g/mol. The molecule has 0 fully saturated rings. The average Bonchev–Trinajstić information content (AvgIpc) is 3.74. The van der Waals surface area contributed by atoms with Gasteiger partial charge in [-0.1, -0.05) is 151 Å². The predicted octanol–water partition coefficient (Wildman–Crippen LogP) is 13.0. The first-order valence-electron chi connectivity index (χ1n) is 18.6. The van der Waals surface area contributed by atoms with Crippen molar-refractivity contribution in [1.82, 2.24) is 14.5 Å². The molecule has 0 amide bonds. The lowest BCUT2D eigenvalue weighted by Gasteiger charge is -2.20. The Kier molecular flexibility index (Phi) is 7.60. The summed E-state index contributed by atoms with van der Waals surface area (Å²) in [6.45, 7) is 4.85. The molecule has 0 N–H and O–H groups in total. The molecule has 10 rings (SSSR count). The third-order valence-corrected chi connectivity index (χ3v) is 12.7. The molecular formula is C50H37N3Si-. The van der Waals surface area contributed by atoms with E-state index in [-0.39, 0.29) is 0 Å². The average molecular weight is 708 g/mol. The van der Waals surface area contributed by atoms with Crippen molar-refractivity contribution in [2.75, 3.05) is 0 Å². The molecule has 257 valence electrons. The maximum absolute atomic E-state index is 5.16. The lowest BCUT2D eigenvalue weighted by Crippen LogP contribution is -2.16. The van der Waals surface area contributed by atoms with Gasteiger partial charge in [0.05, 0.1) is 22.2 Å². The maximum Gasteiger partial charge on any atom is 0.160 e. The highest BCUT2D eigenvalue weighted by Crippen LogP contribution is 2.42. The SMILES string of the molecule is C[Si-]1(C)C=C(c2ccccc2)C(c2ccc3c4ccc(-c5ccc6nc(-c7ccccc7)nc(-c7ccccc7)c6c5)cc4n(-c4ccccc4)c3c2)=C1. The van der Waals surface area contributed by atoms with Crippen LogP contribution in [0, 0.1) is 0 Å². The van der Waals surface area contributed by atoms with Crippen LogP contribution in [0.2, 0.25) is 13.1 Å². The first kappa shape index (κ1) is 32.1. The van der Waals surface area contributed by atoms with Crippen LogP contribution in [-0.4, -0.2) is 22.6 Å². The zero-order chi connectivity index (χ0) is 36.2. The third kappa shape index (κ3) is 5.60. The van der Waals surface area contributed by atoms with Gasteiger partial charge < -0.3 is 4.57 Å². The van der Waals surface area contributed by atoms with Crippen molar-refractivity contribution >= 4 is 51.9 Å². The summed E-state index contributed by atoms with van der Waals surface area (Å²) in [6, 6.07) is 62.9. The summed E-state index contributed by atoms with van der Waals surface area (Å²) in [5.74, 6) is 0.730. The normalized spacial score (nSPS) is 13.7. The van der Waals surface area contributed by atoms with Crippen molar-refractivity contribution in [3.05, 3.63) is 198 Å². The van der Waals surface area contributed by atoms with Crippen LogP contribution in [0.3, 0.4) is 0 Å². The fourth-order valence-corrected chi connectivity index (χ4v) is 10.3. The van der Waals surface area contributed by atoms with Gasteiger partial charge in [-0.15, -0.1) is 8.07 Å². The molecule has 4 heteroatoms. The van der Waals surface area contributed by atoms with Gasteiger partial charge in [-0.05, 0) is 58.7 Å². The number of para-hydroxylation sites is 1. The molecule has 9 aromatic rings. The molecule has 0 saturated carbocycles. The summed E-state index contributed by atoms with van der Waals surface area (Å²) in [4.78, 5) is 10.2. The highest BCUT2D eigenvalue weighted by atomic mass is 28.3. The van der Waals surface area contributed by atoms with Gasteiger partial charge in [0.1, 0.15) is 0 Å². The Morgan fingerprint density at radius 1 is 0.407 bits per heavy atom. The van der Waals surface area contributed by atoms with E-state index in [4.69, 9.17) is 9.97 Å². The Bertz CT molecular complexity index is 2930. The first-order valence-corrected chi connectivity index (χ1v) is 21.7. The molecule has 0 spiro atoms. The van der Waals surface area contributed by atoms with Crippen LogP contribution in [-0.2, 0) is 0 Å². The second-order valence-corrected chi connectivity index (χ2v) is 19.0. The van der Waals surface area contributed by atoms with Gasteiger partial charge in [-0.3, -0.25) is 0 Å². The van der Waals surface area contributed by atoms with Gasteiger partial charge in [0.15, 0.2) is 5.82 Å². The van der Waals surface area contributed by atoms with Crippen molar-refractivity contribution in [2.24, 2.45) is 0 Å². The second kappa shape index (κ2) is 12.8. The number of allylic oxidation sites excluding steroid dienone is 2. The summed E-state index contributed by atoms with van der Waals surface area (Å²) in [5.41, 5.74) is 20.1. The minimum absolute atomic E-state index is 0.730. The van der Waals surface area contributed by atoms with E-state index < -0.39 is 8.07 Å². The minimum Gasteiger partial charge on any atom is -0.309 e. The summed E-state index contributed by atoms with van der Waals surface area (Å²) >= 11 is 0. The maximum atomic E-state index is 5.16. The number of hydrogen-bond donors (Lipinski definition) is 0. The van der Waals surface area contributed by atoms with E-state index in [0.29, 0.717) is 0 Å². The molecule has 0 unspecified atom stereocenters. The highest BCUT2D eigenvalue weighted by molar-refractivity contribution is 6.90. The molecular weight excluding hydrogens is 671 g/mol. The first-order chi connectivity index (χ1) is 26.5. The smallest absolute Gasteiger partial charge is 0.160 e. The van der Waals surface area contributed by atoms with Crippen molar-refractivity contribution in [3.8, 4) is 39.5 Å². The van der Waals surface area contributed by atoms with E-state index >= 15 is 0 Å². The van der Waals surface area contributed by atoms with E-state index in [0.717, 1.165) is 50.4 Å². The van der Waals surface area contributed by atoms with E-state index in [1.54, 1.807) is 0 Å². The quantitative estimate of drug-likeness (QED) is 0.161. The summed E-state index contributed by atoms with van der Waals surface area (Å²) < 4.78 is 2.44. The molecule has 3 nitrogen and oxygen atoms in total. The van der Waals surface area contributed by atoms with E-state index in [9.17, 15) is 0 Å². The minimum atomic E-state index is -1.66. The van der Waals surface area contributed by atoms with Crippen LogP contribution in [0.1, 0.15) is 11.1 Å². The molecule has 54 heavy (non-hydrogen) atoms. The van der Waals surface area contributed by atoms with Gasteiger partial charge in [-0.2, -0.15) is 13.1 Å². The summed E-state index contributed by atoms with van der Waals surface area (Å²) in [7, 11) is -1.66.